The van der Waals surface area contributed by atoms with Crippen LogP contribution in [-0.2, 0) is 9.59 Å². The van der Waals surface area contributed by atoms with Crippen LogP contribution in [0.5, 0.6) is 0 Å². The Labute approximate surface area is 184 Å². The van der Waals surface area contributed by atoms with Gasteiger partial charge in [0, 0.05) is 34.0 Å². The molecule has 0 radical (unpaired) electrons. The second-order valence-corrected chi connectivity index (χ2v) is 6.62. The number of ketones is 2. The molecule has 0 atom stereocenters. The van der Waals surface area contributed by atoms with E-state index in [2.05, 4.69) is 10.6 Å². The van der Waals surface area contributed by atoms with Crippen LogP contribution in [0.2, 0.25) is 0 Å². The van der Waals surface area contributed by atoms with Crippen LogP contribution in [0.3, 0.4) is 0 Å². The lowest BCUT2D eigenvalue weighted by Gasteiger charge is -2.12. The van der Waals surface area contributed by atoms with Crippen LogP contribution < -0.4 is 10.6 Å². The van der Waals surface area contributed by atoms with Crippen LogP contribution in [0.25, 0.3) is 0 Å². The highest BCUT2D eigenvalue weighted by Gasteiger charge is 2.15. The standard InChI is InChI=1S/C24H20N2O6/c1-15(29)17-8-9-21(16(2)30)22(14-17)26-24(32)19-6-3-5-18(13-19)23(31)25-20(10-12-28)7-4-11-27/h3-14H,1-2H3,(H,25,31)(H,26,32)/b7-4+,20-10-. The minimum Gasteiger partial charge on any atom is -0.322 e. The van der Waals surface area contributed by atoms with Gasteiger partial charge in [-0.2, -0.15) is 0 Å². The van der Waals surface area contributed by atoms with E-state index in [0.29, 0.717) is 18.1 Å². The Balaban J connectivity index is 2.29. The molecular weight excluding hydrogens is 412 g/mol. The van der Waals surface area contributed by atoms with Gasteiger partial charge in [0.2, 0.25) is 0 Å². The quantitative estimate of drug-likeness (QED) is 0.272. The zero-order valence-electron chi connectivity index (χ0n) is 17.4. The second kappa shape index (κ2) is 11.1. The number of Topliss-reactive ketones (excluding diaryl/α,β-unsaturated/α-hetero) is 2. The van der Waals surface area contributed by atoms with E-state index >= 15 is 0 Å². The molecule has 2 rings (SSSR count). The molecule has 0 heterocycles. The average Bonchev–Trinajstić information content (AvgIpc) is 2.77. The van der Waals surface area contributed by atoms with E-state index in [1.165, 1.54) is 62.4 Å². The highest BCUT2D eigenvalue weighted by Crippen LogP contribution is 2.20. The van der Waals surface area contributed by atoms with Gasteiger partial charge in [0.1, 0.15) is 12.6 Å². The number of benzene rings is 2. The minimum absolute atomic E-state index is 0.0964. The highest BCUT2D eigenvalue weighted by molar-refractivity contribution is 6.11. The summed E-state index contributed by atoms with van der Waals surface area (Å²) in [7, 11) is 0. The van der Waals surface area contributed by atoms with Crippen molar-refractivity contribution in [3.8, 4) is 0 Å². The third-order valence-corrected chi connectivity index (χ3v) is 4.30. The molecule has 0 saturated heterocycles. The van der Waals surface area contributed by atoms with Crippen molar-refractivity contribution in [1.29, 1.82) is 0 Å². The van der Waals surface area contributed by atoms with Crippen molar-refractivity contribution in [3.05, 3.63) is 88.6 Å². The first kappa shape index (κ1) is 23.8. The Morgan fingerprint density at radius 2 is 1.47 bits per heavy atom. The topological polar surface area (TPSA) is 126 Å². The normalized spacial score (nSPS) is 11.0. The first-order chi connectivity index (χ1) is 15.3. The lowest BCUT2D eigenvalue weighted by atomic mass is 10.0. The Morgan fingerprint density at radius 1 is 0.781 bits per heavy atom. The highest BCUT2D eigenvalue weighted by atomic mass is 16.2. The molecule has 0 bridgehead atoms. The van der Waals surface area contributed by atoms with Crippen molar-refractivity contribution in [2.75, 3.05) is 5.32 Å². The fraction of sp³-hybridized carbons (Fsp3) is 0.0833. The van der Waals surface area contributed by atoms with Gasteiger partial charge in [0.15, 0.2) is 11.6 Å². The molecule has 8 heteroatoms. The van der Waals surface area contributed by atoms with Gasteiger partial charge in [0.25, 0.3) is 11.8 Å². The zero-order valence-corrected chi connectivity index (χ0v) is 17.4. The van der Waals surface area contributed by atoms with Crippen molar-refractivity contribution < 1.29 is 28.8 Å². The van der Waals surface area contributed by atoms with E-state index < -0.39 is 11.8 Å². The van der Waals surface area contributed by atoms with Gasteiger partial charge in [0.05, 0.1) is 5.69 Å². The van der Waals surface area contributed by atoms with Crippen molar-refractivity contribution in [3.63, 3.8) is 0 Å². The summed E-state index contributed by atoms with van der Waals surface area (Å²) in [5.41, 5.74) is 1.10. The summed E-state index contributed by atoms with van der Waals surface area (Å²) in [5.74, 6) is -1.71. The van der Waals surface area contributed by atoms with Gasteiger partial charge >= 0.3 is 0 Å². The Morgan fingerprint density at radius 3 is 2.06 bits per heavy atom. The van der Waals surface area contributed by atoms with Crippen LogP contribution in [0.1, 0.15) is 55.3 Å². The number of anilines is 1. The van der Waals surface area contributed by atoms with E-state index in [4.69, 9.17) is 0 Å². The molecule has 0 unspecified atom stereocenters. The number of carbonyl (C=O) groups excluding carboxylic acids is 6. The second-order valence-electron chi connectivity index (χ2n) is 6.62. The number of amides is 2. The van der Waals surface area contributed by atoms with Crippen LogP contribution in [-0.4, -0.2) is 36.0 Å². The van der Waals surface area contributed by atoms with E-state index in [1.54, 1.807) is 0 Å². The third-order valence-electron chi connectivity index (χ3n) is 4.30. The predicted octanol–water partition coefficient (Wildman–Crippen LogP) is 2.91. The molecule has 0 aromatic heterocycles. The van der Waals surface area contributed by atoms with Crippen LogP contribution in [0, 0.1) is 0 Å². The SMILES string of the molecule is CC(=O)c1ccc(C(C)=O)c(NC(=O)c2cccc(C(=O)NC(=C\C=O)/C=C/C=O)c2)c1. The predicted molar refractivity (Wildman–Crippen MR) is 118 cm³/mol. The molecule has 2 amide bonds. The molecule has 0 aliphatic rings. The summed E-state index contributed by atoms with van der Waals surface area (Å²) in [6.07, 6.45) is 4.38. The number of allylic oxidation sites excluding steroid dienone is 3. The van der Waals surface area contributed by atoms with E-state index in [0.717, 1.165) is 12.2 Å². The smallest absolute Gasteiger partial charge is 0.255 e. The van der Waals surface area contributed by atoms with Gasteiger partial charge in [-0.3, -0.25) is 28.8 Å². The van der Waals surface area contributed by atoms with Gasteiger partial charge in [-0.25, -0.2) is 0 Å². The molecule has 162 valence electrons. The fourth-order valence-electron chi connectivity index (χ4n) is 2.73. The molecule has 2 N–H and O–H groups in total. The summed E-state index contributed by atoms with van der Waals surface area (Å²) in [6, 6.07) is 10.1. The molecule has 0 saturated carbocycles. The fourth-order valence-corrected chi connectivity index (χ4v) is 2.73. The van der Waals surface area contributed by atoms with E-state index in [9.17, 15) is 28.8 Å². The van der Waals surface area contributed by atoms with E-state index in [1.807, 2.05) is 0 Å². The molecular formula is C24H20N2O6. The van der Waals surface area contributed by atoms with Crippen LogP contribution in [0.4, 0.5) is 5.69 Å². The molecule has 0 spiro atoms. The monoisotopic (exact) mass is 432 g/mol. The molecule has 0 aliphatic heterocycles. The maximum atomic E-state index is 12.8. The number of rotatable bonds is 9. The summed E-state index contributed by atoms with van der Waals surface area (Å²) in [4.78, 5) is 70.0. The van der Waals surface area contributed by atoms with Crippen molar-refractivity contribution >= 4 is 41.6 Å². The summed E-state index contributed by atoms with van der Waals surface area (Å²) >= 11 is 0. The minimum atomic E-state index is -0.605. The average molecular weight is 432 g/mol. The van der Waals surface area contributed by atoms with Gasteiger partial charge in [-0.15, -0.1) is 0 Å². The summed E-state index contributed by atoms with van der Waals surface area (Å²) in [5, 5.41) is 5.07. The van der Waals surface area contributed by atoms with Crippen molar-refractivity contribution in [2.24, 2.45) is 0 Å². The number of nitrogens with one attached hydrogen (secondary N) is 2. The maximum Gasteiger partial charge on any atom is 0.255 e. The number of hydrogen-bond acceptors (Lipinski definition) is 6. The Kier molecular flexibility index (Phi) is 8.24. The van der Waals surface area contributed by atoms with Gasteiger partial charge in [-0.05, 0) is 56.3 Å². The van der Waals surface area contributed by atoms with E-state index in [-0.39, 0.29) is 39.6 Å². The lowest BCUT2D eigenvalue weighted by Crippen LogP contribution is -2.23. The Bertz CT molecular complexity index is 1160. The summed E-state index contributed by atoms with van der Waals surface area (Å²) in [6.45, 7) is 2.71. The zero-order chi connectivity index (χ0) is 23.7. The van der Waals surface area contributed by atoms with Crippen LogP contribution >= 0.6 is 0 Å². The number of carbonyl (C=O) groups is 6. The molecule has 2 aromatic rings. The van der Waals surface area contributed by atoms with Crippen molar-refractivity contribution in [1.82, 2.24) is 5.32 Å². The van der Waals surface area contributed by atoms with Gasteiger partial charge in [-0.1, -0.05) is 12.1 Å². The van der Waals surface area contributed by atoms with Crippen molar-refractivity contribution in [2.45, 2.75) is 13.8 Å². The molecule has 0 aliphatic carbocycles. The molecule has 32 heavy (non-hydrogen) atoms. The Hall–Kier alpha value is -4.46. The first-order valence-corrected chi connectivity index (χ1v) is 9.42. The lowest BCUT2D eigenvalue weighted by molar-refractivity contribution is -0.104. The molecule has 8 nitrogen and oxygen atoms in total. The molecule has 2 aromatic carbocycles. The number of hydrogen-bond donors (Lipinski definition) is 2. The summed E-state index contributed by atoms with van der Waals surface area (Å²) < 4.78 is 0. The van der Waals surface area contributed by atoms with Crippen LogP contribution in [0.15, 0.2) is 66.4 Å². The largest absolute Gasteiger partial charge is 0.322 e. The number of aldehydes is 2. The first-order valence-electron chi connectivity index (χ1n) is 9.42. The maximum absolute atomic E-state index is 12.8. The van der Waals surface area contributed by atoms with Gasteiger partial charge < -0.3 is 10.6 Å². The third kappa shape index (κ3) is 6.27. The molecule has 0 fully saturated rings.